The number of halogens is 2. The second-order valence-electron chi connectivity index (χ2n) is 8.71. The fraction of sp³-hybridized carbons (Fsp3) is 0.333. The van der Waals surface area contributed by atoms with E-state index in [1.165, 1.54) is 18.2 Å². The maximum Gasteiger partial charge on any atom is 0.319 e. The fourth-order valence-corrected chi connectivity index (χ4v) is 4.73. The minimum Gasteiger partial charge on any atom is -0.491 e. The van der Waals surface area contributed by atoms with E-state index in [4.69, 9.17) is 10.00 Å². The molecule has 3 aliphatic rings. The number of benzene rings is 2. The largest absolute Gasteiger partial charge is 0.491 e. The van der Waals surface area contributed by atoms with Gasteiger partial charge in [-0.05, 0) is 24.6 Å². The minimum absolute atomic E-state index is 0.0463. The molecule has 180 valence electrons. The molecule has 0 spiro atoms. The monoisotopic (exact) mass is 481 g/mol. The van der Waals surface area contributed by atoms with Crippen molar-refractivity contribution in [3.05, 3.63) is 52.6 Å². The van der Waals surface area contributed by atoms with Crippen molar-refractivity contribution in [3.8, 4) is 11.8 Å². The first-order chi connectivity index (χ1) is 16.8. The molecule has 0 radical (unpaired) electrons. The van der Waals surface area contributed by atoms with Crippen LogP contribution in [-0.2, 0) is 16.0 Å². The van der Waals surface area contributed by atoms with E-state index in [1.807, 2.05) is 11.0 Å². The molecule has 1 unspecified atom stereocenters. The van der Waals surface area contributed by atoms with E-state index in [1.54, 1.807) is 0 Å². The quantitative estimate of drug-likeness (QED) is 0.576. The van der Waals surface area contributed by atoms with Crippen LogP contribution in [0.3, 0.4) is 0 Å². The number of piperidine rings is 1. The summed E-state index contributed by atoms with van der Waals surface area (Å²) in [5, 5.41) is 16.2. The molecule has 3 N–H and O–H groups in total. The fourth-order valence-electron chi connectivity index (χ4n) is 4.73. The number of rotatable bonds is 4. The summed E-state index contributed by atoms with van der Waals surface area (Å²) >= 11 is 0. The second-order valence-corrected chi connectivity index (χ2v) is 8.71. The maximum absolute atomic E-state index is 15.2. The molecular weight excluding hydrogens is 460 g/mol. The topological polar surface area (TPSA) is 124 Å². The number of hydrogen-bond donors (Lipinski definition) is 3. The van der Waals surface area contributed by atoms with Crippen LogP contribution in [0, 0.1) is 23.0 Å². The van der Waals surface area contributed by atoms with E-state index < -0.39 is 29.5 Å². The third kappa shape index (κ3) is 4.23. The smallest absolute Gasteiger partial charge is 0.319 e. The number of fused-ring (bicyclic) bond motifs is 1. The van der Waals surface area contributed by atoms with Gasteiger partial charge in [-0.15, -0.1) is 0 Å². The van der Waals surface area contributed by atoms with Crippen molar-refractivity contribution >= 4 is 29.2 Å². The van der Waals surface area contributed by atoms with Gasteiger partial charge in [-0.1, -0.05) is 0 Å². The lowest BCUT2D eigenvalue weighted by atomic mass is 9.85. The van der Waals surface area contributed by atoms with Gasteiger partial charge in [0.1, 0.15) is 17.4 Å². The van der Waals surface area contributed by atoms with E-state index in [9.17, 15) is 18.8 Å². The highest BCUT2D eigenvalue weighted by atomic mass is 19.1. The first-order valence-electron chi connectivity index (χ1n) is 11.2. The molecule has 0 aromatic heterocycles. The predicted molar refractivity (Wildman–Crippen MR) is 120 cm³/mol. The van der Waals surface area contributed by atoms with Crippen molar-refractivity contribution in [1.82, 2.24) is 10.6 Å². The Kier molecular flexibility index (Phi) is 5.72. The average molecular weight is 481 g/mol. The summed E-state index contributed by atoms with van der Waals surface area (Å²) in [5.41, 5.74) is 1.57. The lowest BCUT2D eigenvalue weighted by Gasteiger charge is -2.42. The first-order valence-corrected chi connectivity index (χ1v) is 11.2. The van der Waals surface area contributed by atoms with Gasteiger partial charge in [0.05, 0.1) is 41.6 Å². The van der Waals surface area contributed by atoms with Gasteiger partial charge < -0.3 is 20.3 Å². The van der Waals surface area contributed by atoms with E-state index in [-0.39, 0.29) is 41.6 Å². The van der Waals surface area contributed by atoms with Crippen LogP contribution >= 0.6 is 0 Å². The van der Waals surface area contributed by atoms with Crippen molar-refractivity contribution in [3.63, 3.8) is 0 Å². The van der Waals surface area contributed by atoms with Gasteiger partial charge in [-0.3, -0.25) is 14.9 Å². The molecular formula is C24H21F2N5O4. The van der Waals surface area contributed by atoms with Gasteiger partial charge in [-0.25, -0.2) is 13.6 Å². The Balaban J connectivity index is 1.26. The summed E-state index contributed by atoms with van der Waals surface area (Å²) in [7, 11) is 0. The van der Waals surface area contributed by atoms with Crippen molar-refractivity contribution in [2.75, 3.05) is 29.9 Å². The summed E-state index contributed by atoms with van der Waals surface area (Å²) in [6.45, 7) is 1.13. The number of urea groups is 1. The van der Waals surface area contributed by atoms with Crippen LogP contribution in [0.4, 0.5) is 25.0 Å². The molecule has 4 amide bonds. The van der Waals surface area contributed by atoms with Gasteiger partial charge in [0.25, 0.3) is 0 Å². The number of ether oxygens (including phenoxy) is 1. The molecule has 2 saturated heterocycles. The molecule has 2 fully saturated rings. The molecule has 0 bridgehead atoms. The lowest BCUT2D eigenvalue weighted by Crippen LogP contribution is -2.60. The SMILES string of the molecule is N#Cc1ccc(NC(=O)NC2CN(c3cc(F)c(C4CCC(=O)NC4=O)c4c3OCC4)C2)c(F)c1. The Morgan fingerprint density at radius 3 is 2.69 bits per heavy atom. The van der Waals surface area contributed by atoms with E-state index in [0.717, 1.165) is 6.07 Å². The molecule has 3 heterocycles. The van der Waals surface area contributed by atoms with Gasteiger partial charge in [0.15, 0.2) is 0 Å². The lowest BCUT2D eigenvalue weighted by molar-refractivity contribution is -0.134. The Morgan fingerprint density at radius 1 is 1.17 bits per heavy atom. The van der Waals surface area contributed by atoms with Crippen LogP contribution in [0.15, 0.2) is 24.3 Å². The van der Waals surface area contributed by atoms with E-state index in [0.29, 0.717) is 43.1 Å². The highest BCUT2D eigenvalue weighted by Crippen LogP contribution is 2.44. The summed E-state index contributed by atoms with van der Waals surface area (Å²) < 4.78 is 35.0. The average Bonchev–Trinajstić information content (AvgIpc) is 3.27. The van der Waals surface area contributed by atoms with Gasteiger partial charge in [-0.2, -0.15) is 5.26 Å². The number of nitrogens with zero attached hydrogens (tertiary/aromatic N) is 2. The van der Waals surface area contributed by atoms with Gasteiger partial charge in [0, 0.05) is 43.1 Å². The van der Waals surface area contributed by atoms with E-state index in [2.05, 4.69) is 16.0 Å². The number of hydrogen-bond acceptors (Lipinski definition) is 6. The van der Waals surface area contributed by atoms with Crippen molar-refractivity contribution in [2.24, 2.45) is 0 Å². The summed E-state index contributed by atoms with van der Waals surface area (Å²) in [6.07, 6.45) is 0.862. The van der Waals surface area contributed by atoms with Crippen LogP contribution < -0.4 is 25.6 Å². The summed E-state index contributed by atoms with van der Waals surface area (Å²) in [5.74, 6) is -2.32. The molecule has 9 nitrogen and oxygen atoms in total. The number of imide groups is 1. The van der Waals surface area contributed by atoms with Crippen LogP contribution in [0.1, 0.15) is 35.4 Å². The molecule has 0 saturated carbocycles. The Hall–Kier alpha value is -4.20. The Morgan fingerprint density at radius 2 is 1.97 bits per heavy atom. The summed E-state index contributed by atoms with van der Waals surface area (Å²) in [4.78, 5) is 37.9. The molecule has 3 aliphatic heterocycles. The maximum atomic E-state index is 15.2. The molecule has 2 aromatic carbocycles. The van der Waals surface area contributed by atoms with Crippen LogP contribution in [0.5, 0.6) is 5.75 Å². The van der Waals surface area contributed by atoms with Crippen molar-refractivity contribution in [2.45, 2.75) is 31.2 Å². The molecule has 5 rings (SSSR count). The number of carbonyl (C=O) groups excluding carboxylic acids is 3. The molecule has 0 aliphatic carbocycles. The standard InChI is InChI=1S/C24H21F2N5O4/c25-16-7-12(9-27)1-3-18(16)29-24(34)28-13-10-31(11-13)19-8-17(26)21(14-5-6-35-22(14)19)15-2-4-20(32)30-23(15)33/h1,3,7-8,13,15H,2,4-6,10-11H2,(H2,28,29,34)(H,30,32,33). The summed E-state index contributed by atoms with van der Waals surface area (Å²) in [6, 6.07) is 6.06. The highest BCUT2D eigenvalue weighted by molar-refractivity contribution is 6.01. The zero-order valence-electron chi connectivity index (χ0n) is 18.5. The van der Waals surface area contributed by atoms with Crippen molar-refractivity contribution in [1.29, 1.82) is 5.26 Å². The van der Waals surface area contributed by atoms with Crippen LogP contribution in [-0.4, -0.2) is 43.6 Å². The Bertz CT molecular complexity index is 1290. The Labute approximate surface area is 199 Å². The number of anilines is 2. The third-order valence-corrected chi connectivity index (χ3v) is 6.44. The third-order valence-electron chi connectivity index (χ3n) is 6.44. The van der Waals surface area contributed by atoms with E-state index >= 15 is 4.39 Å². The van der Waals surface area contributed by atoms with Gasteiger partial charge in [0.2, 0.25) is 11.8 Å². The molecule has 2 aromatic rings. The number of carbonyl (C=O) groups is 3. The normalized spacial score (nSPS) is 19.2. The van der Waals surface area contributed by atoms with Crippen LogP contribution in [0.25, 0.3) is 0 Å². The number of nitriles is 1. The minimum atomic E-state index is -0.741. The number of amides is 4. The molecule has 11 heteroatoms. The van der Waals surface area contributed by atoms with Crippen molar-refractivity contribution < 1.29 is 27.9 Å². The number of nitrogens with one attached hydrogen (secondary N) is 3. The highest BCUT2D eigenvalue weighted by Gasteiger charge is 2.38. The molecule has 35 heavy (non-hydrogen) atoms. The van der Waals surface area contributed by atoms with Gasteiger partial charge >= 0.3 is 6.03 Å². The van der Waals surface area contributed by atoms with Crippen LogP contribution in [0.2, 0.25) is 0 Å². The predicted octanol–water partition coefficient (Wildman–Crippen LogP) is 2.30. The first kappa shape index (κ1) is 22.6. The molecule has 1 atom stereocenters. The zero-order valence-corrected chi connectivity index (χ0v) is 18.5. The second kappa shape index (κ2) is 8.87. The zero-order chi connectivity index (χ0) is 24.7.